The summed E-state index contributed by atoms with van der Waals surface area (Å²) >= 11 is 0. The Balaban J connectivity index is 1.94. The van der Waals surface area contributed by atoms with E-state index in [0.717, 1.165) is 19.3 Å². The molecule has 1 aliphatic carbocycles. The lowest BCUT2D eigenvalue weighted by atomic mass is 9.84. The van der Waals surface area contributed by atoms with Crippen LogP contribution in [0.15, 0.2) is 0 Å². The molecule has 0 bridgehead atoms. The Labute approximate surface area is 119 Å². The molecular formula is C14H24N2O4. The van der Waals surface area contributed by atoms with E-state index in [4.69, 9.17) is 0 Å². The van der Waals surface area contributed by atoms with Crippen LogP contribution in [0.3, 0.4) is 0 Å². The zero-order chi connectivity index (χ0) is 14.8. The minimum atomic E-state index is -0.839. The molecule has 2 amide bonds. The van der Waals surface area contributed by atoms with Gasteiger partial charge in [0.15, 0.2) is 0 Å². The first-order chi connectivity index (χ1) is 9.39. The minimum absolute atomic E-state index is 0.247. The number of amides is 2. The van der Waals surface area contributed by atoms with Crippen molar-refractivity contribution in [3.63, 3.8) is 0 Å². The Hall–Kier alpha value is -1.30. The molecule has 3 atom stereocenters. The molecule has 2 rings (SSSR count). The van der Waals surface area contributed by atoms with E-state index in [1.165, 1.54) is 0 Å². The molecule has 2 fully saturated rings. The van der Waals surface area contributed by atoms with E-state index in [9.17, 15) is 19.8 Å². The Morgan fingerprint density at radius 1 is 1.25 bits per heavy atom. The van der Waals surface area contributed by atoms with Crippen molar-refractivity contribution in [3.05, 3.63) is 0 Å². The van der Waals surface area contributed by atoms with Gasteiger partial charge >= 0.3 is 12.0 Å². The summed E-state index contributed by atoms with van der Waals surface area (Å²) in [6, 6.07) is -0.538. The number of carbonyl (C=O) groups is 2. The van der Waals surface area contributed by atoms with Crippen molar-refractivity contribution < 1.29 is 19.8 Å². The minimum Gasteiger partial charge on any atom is -0.481 e. The van der Waals surface area contributed by atoms with Crippen molar-refractivity contribution in [3.8, 4) is 0 Å². The maximum Gasteiger partial charge on any atom is 0.317 e. The van der Waals surface area contributed by atoms with Crippen LogP contribution in [0.1, 0.15) is 45.4 Å². The number of carboxylic acid groups (broad SMARTS) is 1. The number of nitrogens with zero attached hydrogens (tertiary/aromatic N) is 1. The second kappa shape index (κ2) is 5.99. The molecule has 3 N–H and O–H groups in total. The third kappa shape index (κ3) is 3.62. The van der Waals surface area contributed by atoms with Crippen LogP contribution < -0.4 is 5.32 Å². The summed E-state index contributed by atoms with van der Waals surface area (Å²) in [7, 11) is 0. The molecule has 2 aliphatic rings. The summed E-state index contributed by atoms with van der Waals surface area (Å²) in [6.45, 7) is 2.66. The van der Waals surface area contributed by atoms with E-state index in [2.05, 4.69) is 5.32 Å². The number of aliphatic carboxylic acids is 1. The van der Waals surface area contributed by atoms with Crippen molar-refractivity contribution in [1.82, 2.24) is 10.2 Å². The first-order valence-electron chi connectivity index (χ1n) is 7.40. The highest BCUT2D eigenvalue weighted by Gasteiger charge is 2.35. The van der Waals surface area contributed by atoms with E-state index in [1.54, 1.807) is 11.8 Å². The fourth-order valence-electron chi connectivity index (χ4n) is 3.24. The second-order valence-corrected chi connectivity index (χ2v) is 6.31. The number of nitrogens with one attached hydrogen (secondary N) is 1. The molecule has 20 heavy (non-hydrogen) atoms. The van der Waals surface area contributed by atoms with Crippen LogP contribution in [0.25, 0.3) is 0 Å². The second-order valence-electron chi connectivity index (χ2n) is 6.31. The topological polar surface area (TPSA) is 89.9 Å². The van der Waals surface area contributed by atoms with Crippen LogP contribution in [-0.4, -0.2) is 51.8 Å². The monoisotopic (exact) mass is 284 g/mol. The van der Waals surface area contributed by atoms with Crippen LogP contribution in [0.2, 0.25) is 0 Å². The Bertz CT molecular complexity index is 383. The molecular weight excluding hydrogens is 260 g/mol. The van der Waals surface area contributed by atoms with Gasteiger partial charge in [-0.1, -0.05) is 12.8 Å². The highest BCUT2D eigenvalue weighted by molar-refractivity contribution is 5.77. The predicted octanol–water partition coefficient (Wildman–Crippen LogP) is 1.19. The third-order valence-corrected chi connectivity index (χ3v) is 4.35. The number of hydrogen-bond acceptors (Lipinski definition) is 3. The number of aliphatic hydroxyl groups is 1. The third-order valence-electron chi connectivity index (χ3n) is 4.35. The number of β-amino-alcohol motifs (C(OH)–C–C–N with tert-alkyl or cyclic N) is 1. The van der Waals surface area contributed by atoms with Gasteiger partial charge in [-0.25, -0.2) is 4.79 Å². The number of piperidine rings is 1. The summed E-state index contributed by atoms with van der Waals surface area (Å²) in [5, 5.41) is 22.1. The van der Waals surface area contributed by atoms with E-state index in [0.29, 0.717) is 32.4 Å². The van der Waals surface area contributed by atoms with Crippen molar-refractivity contribution in [2.75, 3.05) is 13.1 Å². The summed E-state index contributed by atoms with van der Waals surface area (Å²) in [5.41, 5.74) is -0.839. The molecule has 0 aromatic rings. The standard InChI is InChI=1S/C14H24N2O4/c1-14(20)7-4-8-16(9-14)13(19)15-11-6-3-2-5-10(11)12(17)18/h10-11,20H,2-9H2,1H3,(H,15,19)(H,17,18). The van der Waals surface area contributed by atoms with Gasteiger partial charge in [0.05, 0.1) is 18.1 Å². The van der Waals surface area contributed by atoms with Gasteiger partial charge in [0.1, 0.15) is 0 Å². The lowest BCUT2D eigenvalue weighted by Crippen LogP contribution is -2.55. The molecule has 114 valence electrons. The summed E-state index contributed by atoms with van der Waals surface area (Å²) in [4.78, 5) is 25.0. The molecule has 1 saturated heterocycles. The smallest absolute Gasteiger partial charge is 0.317 e. The Morgan fingerprint density at radius 2 is 1.95 bits per heavy atom. The average Bonchev–Trinajstić information content (AvgIpc) is 2.38. The highest BCUT2D eigenvalue weighted by atomic mass is 16.4. The van der Waals surface area contributed by atoms with Gasteiger partial charge in [-0.15, -0.1) is 0 Å². The molecule has 3 unspecified atom stereocenters. The zero-order valence-electron chi connectivity index (χ0n) is 12.0. The average molecular weight is 284 g/mol. The molecule has 0 aromatic heterocycles. The van der Waals surface area contributed by atoms with E-state index in [-0.39, 0.29) is 12.1 Å². The summed E-state index contributed by atoms with van der Waals surface area (Å²) in [6.07, 6.45) is 4.66. The number of urea groups is 1. The number of likely N-dealkylation sites (tertiary alicyclic amines) is 1. The van der Waals surface area contributed by atoms with Crippen molar-refractivity contribution in [1.29, 1.82) is 0 Å². The van der Waals surface area contributed by atoms with E-state index >= 15 is 0 Å². The number of carbonyl (C=O) groups excluding carboxylic acids is 1. The van der Waals surface area contributed by atoms with Crippen molar-refractivity contribution in [2.24, 2.45) is 5.92 Å². The summed E-state index contributed by atoms with van der Waals surface area (Å²) < 4.78 is 0. The lowest BCUT2D eigenvalue weighted by molar-refractivity contribution is -0.143. The number of carboxylic acids is 1. The molecule has 0 radical (unpaired) electrons. The van der Waals surface area contributed by atoms with Crippen molar-refractivity contribution >= 4 is 12.0 Å². The SMILES string of the molecule is CC1(O)CCCN(C(=O)NC2CCCCC2C(=O)O)C1. The number of hydrogen-bond donors (Lipinski definition) is 3. The first-order valence-corrected chi connectivity index (χ1v) is 7.40. The fourth-order valence-corrected chi connectivity index (χ4v) is 3.24. The van der Waals surface area contributed by atoms with Crippen LogP contribution in [-0.2, 0) is 4.79 Å². The van der Waals surface area contributed by atoms with Crippen LogP contribution in [0.4, 0.5) is 4.79 Å². The van der Waals surface area contributed by atoms with Gasteiger partial charge < -0.3 is 20.4 Å². The van der Waals surface area contributed by atoms with E-state index in [1.807, 2.05) is 0 Å². The quantitative estimate of drug-likeness (QED) is 0.710. The number of rotatable bonds is 2. The van der Waals surface area contributed by atoms with Gasteiger partial charge in [0, 0.05) is 12.6 Å². The van der Waals surface area contributed by atoms with Crippen LogP contribution in [0.5, 0.6) is 0 Å². The van der Waals surface area contributed by atoms with Gasteiger partial charge in [0.25, 0.3) is 0 Å². The maximum absolute atomic E-state index is 12.2. The molecule has 1 aliphatic heterocycles. The van der Waals surface area contributed by atoms with Gasteiger partial charge in [0.2, 0.25) is 0 Å². The largest absolute Gasteiger partial charge is 0.481 e. The van der Waals surface area contributed by atoms with Gasteiger partial charge in [-0.05, 0) is 32.6 Å². The first kappa shape index (κ1) is 15.1. The summed E-state index contributed by atoms with van der Waals surface area (Å²) in [5.74, 6) is -1.32. The maximum atomic E-state index is 12.2. The predicted molar refractivity (Wildman–Crippen MR) is 73.3 cm³/mol. The molecule has 6 nitrogen and oxygen atoms in total. The molecule has 1 saturated carbocycles. The molecule has 0 aromatic carbocycles. The lowest BCUT2D eigenvalue weighted by Gasteiger charge is -2.38. The zero-order valence-corrected chi connectivity index (χ0v) is 12.0. The van der Waals surface area contributed by atoms with Gasteiger partial charge in [-0.3, -0.25) is 4.79 Å². The van der Waals surface area contributed by atoms with Crippen molar-refractivity contribution in [2.45, 2.75) is 57.1 Å². The molecule has 1 heterocycles. The molecule has 6 heteroatoms. The van der Waals surface area contributed by atoms with Crippen LogP contribution in [0, 0.1) is 5.92 Å². The van der Waals surface area contributed by atoms with Crippen LogP contribution >= 0.6 is 0 Å². The van der Waals surface area contributed by atoms with Gasteiger partial charge in [-0.2, -0.15) is 0 Å². The Morgan fingerprint density at radius 3 is 2.60 bits per heavy atom. The highest BCUT2D eigenvalue weighted by Crippen LogP contribution is 2.25. The normalized spacial score (nSPS) is 34.6. The fraction of sp³-hybridized carbons (Fsp3) is 0.857. The van der Waals surface area contributed by atoms with E-state index < -0.39 is 17.5 Å². The molecule has 0 spiro atoms. The Kier molecular flexibility index (Phi) is 4.52.